The van der Waals surface area contributed by atoms with Crippen LogP contribution in [0.5, 0.6) is 0 Å². The predicted molar refractivity (Wildman–Crippen MR) is 73.6 cm³/mol. The third kappa shape index (κ3) is 7.69. The summed E-state index contributed by atoms with van der Waals surface area (Å²) >= 11 is 0. The summed E-state index contributed by atoms with van der Waals surface area (Å²) in [6, 6.07) is 8.45. The second-order valence-electron chi connectivity index (χ2n) is 4.84. The number of aryl methyl sites for hydroxylation is 2. The van der Waals surface area contributed by atoms with Gasteiger partial charge in [-0.3, -0.25) is 0 Å². The molecule has 21 heavy (non-hydrogen) atoms. The first-order valence-corrected chi connectivity index (χ1v) is 6.73. The van der Waals surface area contributed by atoms with Crippen LogP contribution < -0.4 is 43.1 Å². The lowest BCUT2D eigenvalue weighted by Gasteiger charge is -2.00. The van der Waals surface area contributed by atoms with Crippen LogP contribution in [0, 0.1) is 13.8 Å². The maximum Gasteiger partial charge on any atom is 0.171 e. The second-order valence-corrected chi connectivity index (χ2v) is 4.84. The average Bonchev–Trinajstić information content (AvgIpc) is 2.43. The molecule has 0 atom stereocenters. The van der Waals surface area contributed by atoms with Crippen LogP contribution in [0.15, 0.2) is 49.1 Å². The van der Waals surface area contributed by atoms with Crippen LogP contribution >= 0.6 is 0 Å². The quantitative estimate of drug-likeness (QED) is 0.342. The summed E-state index contributed by atoms with van der Waals surface area (Å²) in [5, 5.41) is 0. The van der Waals surface area contributed by atoms with E-state index in [4.69, 9.17) is 4.74 Å². The van der Waals surface area contributed by atoms with Crippen molar-refractivity contribution in [1.29, 1.82) is 0 Å². The van der Waals surface area contributed by atoms with Crippen molar-refractivity contribution in [3.05, 3.63) is 60.2 Å². The fourth-order valence-corrected chi connectivity index (χ4v) is 1.80. The first-order chi connectivity index (χ1) is 9.24. The largest absolute Gasteiger partial charge is 1.00 e. The molecule has 0 amide bonds. The Hall–Kier alpha value is -0.780. The zero-order valence-corrected chi connectivity index (χ0v) is 15.7. The molecule has 0 fully saturated rings. The molecule has 5 heteroatoms. The maximum atomic E-state index is 5.66. The molecule has 2 aromatic rings. The van der Waals surface area contributed by atoms with Crippen LogP contribution in [-0.4, -0.2) is 13.2 Å². The van der Waals surface area contributed by atoms with Crippen LogP contribution in [0.3, 0.4) is 0 Å². The normalized spacial score (nSPS) is 9.62. The Bertz CT molecular complexity index is 453. The van der Waals surface area contributed by atoms with Crippen molar-refractivity contribution in [1.82, 2.24) is 0 Å². The Labute approximate surface area is 148 Å². The number of halogens is 2. The van der Waals surface area contributed by atoms with Gasteiger partial charge in [-0.2, -0.15) is 0 Å². The van der Waals surface area contributed by atoms with Crippen LogP contribution in [0.4, 0.5) is 0 Å². The molecule has 3 nitrogen and oxygen atoms in total. The smallest absolute Gasteiger partial charge is 0.171 e. The number of hydrogen-bond donors (Lipinski definition) is 0. The van der Waals surface area contributed by atoms with E-state index < -0.39 is 0 Å². The highest BCUT2D eigenvalue weighted by Gasteiger charge is 2.02. The maximum absolute atomic E-state index is 5.66. The van der Waals surface area contributed by atoms with Gasteiger partial charge in [0.25, 0.3) is 0 Å². The molecule has 0 spiro atoms. The number of nitrogens with zero attached hydrogens (tertiary/aromatic N) is 2. The van der Waals surface area contributed by atoms with Gasteiger partial charge < -0.3 is 38.7 Å². The van der Waals surface area contributed by atoms with Gasteiger partial charge in [0.15, 0.2) is 37.9 Å². The highest BCUT2D eigenvalue weighted by atomic mass is 79.9. The standard InChI is InChI=1S/C16H22N2O.2BrH/c1-15-3-7-17(8-4-15)11-13-19-14-12-18-9-5-16(2)6-10-18;;/h3-10H,11-14H2,1-2H3;2*1H/q+2;;/p-2. The average molecular weight is 418 g/mol. The molecule has 0 aliphatic carbocycles. The molecule has 0 aromatic carbocycles. The van der Waals surface area contributed by atoms with E-state index >= 15 is 0 Å². The van der Waals surface area contributed by atoms with Crippen molar-refractivity contribution in [2.24, 2.45) is 0 Å². The number of hydrogen-bond acceptors (Lipinski definition) is 1. The van der Waals surface area contributed by atoms with Crippen molar-refractivity contribution >= 4 is 0 Å². The van der Waals surface area contributed by atoms with Gasteiger partial charge in [-0.1, -0.05) is 0 Å². The summed E-state index contributed by atoms with van der Waals surface area (Å²) in [6.45, 7) is 7.50. The Balaban J connectivity index is 0.00000200. The van der Waals surface area contributed by atoms with E-state index in [9.17, 15) is 0 Å². The summed E-state index contributed by atoms with van der Waals surface area (Å²) in [5.41, 5.74) is 2.57. The van der Waals surface area contributed by atoms with Gasteiger partial charge in [-0.25, -0.2) is 9.13 Å². The fourth-order valence-electron chi connectivity index (χ4n) is 1.80. The van der Waals surface area contributed by atoms with Crippen molar-refractivity contribution in [2.45, 2.75) is 26.9 Å². The molecule has 0 radical (unpaired) electrons. The van der Waals surface area contributed by atoms with Crippen molar-refractivity contribution in [3.63, 3.8) is 0 Å². The highest BCUT2D eigenvalue weighted by molar-refractivity contribution is 5.03. The summed E-state index contributed by atoms with van der Waals surface area (Å²) in [4.78, 5) is 0. The molecule has 0 aliphatic rings. The van der Waals surface area contributed by atoms with Gasteiger partial charge in [0, 0.05) is 24.3 Å². The molecular weight excluding hydrogens is 396 g/mol. The van der Waals surface area contributed by atoms with E-state index in [1.165, 1.54) is 11.1 Å². The lowest BCUT2D eigenvalue weighted by Crippen LogP contribution is -3.00. The summed E-state index contributed by atoms with van der Waals surface area (Å²) in [5.74, 6) is 0. The molecule has 2 aromatic heterocycles. The number of rotatable bonds is 6. The molecule has 0 saturated heterocycles. The summed E-state index contributed by atoms with van der Waals surface area (Å²) in [6.07, 6.45) is 8.36. The first kappa shape index (κ1) is 20.2. The Morgan fingerprint density at radius 2 is 1.05 bits per heavy atom. The third-order valence-electron chi connectivity index (χ3n) is 3.10. The Morgan fingerprint density at radius 3 is 1.38 bits per heavy atom. The third-order valence-corrected chi connectivity index (χ3v) is 3.10. The van der Waals surface area contributed by atoms with Crippen LogP contribution in [0.25, 0.3) is 0 Å². The lowest BCUT2D eigenvalue weighted by atomic mass is 10.3. The summed E-state index contributed by atoms with van der Waals surface area (Å²) in [7, 11) is 0. The number of pyridine rings is 2. The van der Waals surface area contributed by atoms with Gasteiger partial charge in [0.05, 0.1) is 0 Å². The van der Waals surface area contributed by atoms with E-state index in [2.05, 4.69) is 72.0 Å². The van der Waals surface area contributed by atoms with Crippen molar-refractivity contribution < 1.29 is 47.8 Å². The van der Waals surface area contributed by atoms with E-state index in [0.717, 1.165) is 26.3 Å². The van der Waals surface area contributed by atoms with Gasteiger partial charge >= 0.3 is 0 Å². The Kier molecular flexibility index (Phi) is 10.5. The van der Waals surface area contributed by atoms with E-state index in [1.807, 2.05) is 0 Å². The molecule has 2 heterocycles. The van der Waals surface area contributed by atoms with Crippen LogP contribution in [-0.2, 0) is 17.8 Å². The molecule has 0 bridgehead atoms. The van der Waals surface area contributed by atoms with Gasteiger partial charge in [-0.05, 0) is 25.0 Å². The van der Waals surface area contributed by atoms with E-state index in [1.54, 1.807) is 0 Å². The SMILES string of the molecule is Cc1cc[n+](CCOCC[n+]2ccc(C)cc2)cc1.[Br-].[Br-]. The minimum atomic E-state index is 0. The number of ether oxygens (including phenoxy) is 1. The zero-order valence-electron chi connectivity index (χ0n) is 12.5. The monoisotopic (exact) mass is 416 g/mol. The molecule has 0 saturated carbocycles. The predicted octanol–water partition coefficient (Wildman–Crippen LogP) is -4.40. The molecule has 2 rings (SSSR count). The zero-order chi connectivity index (χ0) is 13.5. The first-order valence-electron chi connectivity index (χ1n) is 6.73. The minimum absolute atomic E-state index is 0. The van der Waals surface area contributed by atoms with Crippen LogP contribution in [0.1, 0.15) is 11.1 Å². The van der Waals surface area contributed by atoms with Crippen LogP contribution in [0.2, 0.25) is 0 Å². The van der Waals surface area contributed by atoms with Crippen molar-refractivity contribution in [2.75, 3.05) is 13.2 Å². The lowest BCUT2D eigenvalue weighted by molar-refractivity contribution is -0.705. The fraction of sp³-hybridized carbons (Fsp3) is 0.375. The molecule has 116 valence electrons. The molecule has 0 N–H and O–H groups in total. The van der Waals surface area contributed by atoms with E-state index in [-0.39, 0.29) is 34.0 Å². The van der Waals surface area contributed by atoms with Crippen molar-refractivity contribution in [3.8, 4) is 0 Å². The van der Waals surface area contributed by atoms with Gasteiger partial charge in [-0.15, -0.1) is 0 Å². The summed E-state index contributed by atoms with van der Waals surface area (Å²) < 4.78 is 9.95. The molecular formula is C16H22Br2N2O. The molecule has 0 unspecified atom stereocenters. The van der Waals surface area contributed by atoms with Gasteiger partial charge in [0.2, 0.25) is 0 Å². The molecule has 0 aliphatic heterocycles. The minimum Gasteiger partial charge on any atom is -1.00 e. The van der Waals surface area contributed by atoms with Gasteiger partial charge in [0.1, 0.15) is 13.2 Å². The Morgan fingerprint density at radius 1 is 0.714 bits per heavy atom. The van der Waals surface area contributed by atoms with E-state index in [0.29, 0.717) is 0 Å². The highest BCUT2D eigenvalue weighted by Crippen LogP contribution is 1.90. The second kappa shape index (κ2) is 10.9. The topological polar surface area (TPSA) is 17.0 Å². The number of aromatic nitrogens is 2.